The molecule has 0 saturated carbocycles. The minimum absolute atomic E-state index is 0.186. The van der Waals surface area contributed by atoms with E-state index < -0.39 is 26.7 Å². The van der Waals surface area contributed by atoms with E-state index in [2.05, 4.69) is 5.10 Å². The molecule has 6 nitrogen and oxygen atoms in total. The Hall–Kier alpha value is -1.29. The molecule has 0 spiro atoms. The number of hydrogen-bond donors (Lipinski definition) is 2. The molecule has 1 atom stereocenters. The molecule has 1 aromatic heterocycles. The van der Waals surface area contributed by atoms with Crippen molar-refractivity contribution < 1.29 is 22.1 Å². The van der Waals surface area contributed by atoms with E-state index in [1.165, 1.54) is 0 Å². The summed E-state index contributed by atoms with van der Waals surface area (Å²) >= 11 is 0. The number of nitrogens with two attached hydrogens (primary N) is 1. The van der Waals surface area contributed by atoms with Crippen molar-refractivity contribution in [1.29, 1.82) is 4.78 Å². The van der Waals surface area contributed by atoms with E-state index in [1.54, 1.807) is 0 Å². The fourth-order valence-corrected chi connectivity index (χ4v) is 2.43. The second-order valence-corrected chi connectivity index (χ2v) is 5.12. The summed E-state index contributed by atoms with van der Waals surface area (Å²) < 4.78 is 62.5. The molecule has 0 bridgehead atoms. The van der Waals surface area contributed by atoms with Crippen molar-refractivity contribution in [3.8, 4) is 5.88 Å². The van der Waals surface area contributed by atoms with Crippen molar-refractivity contribution in [2.24, 2.45) is 5.14 Å². The normalized spacial score (nSPS) is 19.3. The van der Waals surface area contributed by atoms with Crippen LogP contribution in [-0.4, -0.2) is 20.6 Å². The standard InChI is InChI=1S/C7H9F3N4O2S/c8-7(9,10)5-4(17(11,12)15)6-14(13-5)2-1-3-16-6/h1-3H2,(H3,11,12,15). The molecule has 0 saturated heterocycles. The number of nitrogens with one attached hydrogen (secondary N) is 1. The summed E-state index contributed by atoms with van der Waals surface area (Å²) in [5, 5.41) is 8.26. The van der Waals surface area contributed by atoms with Crippen LogP contribution < -0.4 is 9.88 Å². The third kappa shape index (κ3) is 2.09. The SMILES string of the molecule is N=S(N)(=O)c1c(C(F)(F)F)nn2c1OCCC2. The van der Waals surface area contributed by atoms with Crippen LogP contribution in [0.5, 0.6) is 5.88 Å². The number of aromatic nitrogens is 2. The monoisotopic (exact) mass is 270 g/mol. The van der Waals surface area contributed by atoms with E-state index in [1.807, 2.05) is 0 Å². The summed E-state index contributed by atoms with van der Waals surface area (Å²) in [7, 11) is -4.04. The van der Waals surface area contributed by atoms with Crippen LogP contribution in [0.1, 0.15) is 12.1 Å². The van der Waals surface area contributed by atoms with E-state index in [9.17, 15) is 17.4 Å². The van der Waals surface area contributed by atoms with Crippen molar-refractivity contribution >= 4 is 9.92 Å². The summed E-state index contributed by atoms with van der Waals surface area (Å²) in [6.45, 7) is 0.402. The fourth-order valence-electron chi connectivity index (χ4n) is 1.56. The van der Waals surface area contributed by atoms with E-state index >= 15 is 0 Å². The second-order valence-electron chi connectivity index (χ2n) is 3.51. The summed E-state index contributed by atoms with van der Waals surface area (Å²) in [6.07, 6.45) is -4.32. The molecule has 2 rings (SSSR count). The average Bonchev–Trinajstić information content (AvgIpc) is 2.54. The number of aryl methyl sites for hydroxylation is 1. The van der Waals surface area contributed by atoms with Crippen molar-refractivity contribution in [1.82, 2.24) is 9.78 Å². The predicted molar refractivity (Wildman–Crippen MR) is 50.7 cm³/mol. The highest BCUT2D eigenvalue weighted by molar-refractivity contribution is 7.90. The minimum atomic E-state index is -4.81. The minimum Gasteiger partial charge on any atom is -0.477 e. The fraction of sp³-hybridized carbons (Fsp3) is 0.571. The van der Waals surface area contributed by atoms with Gasteiger partial charge in [0.05, 0.1) is 6.61 Å². The van der Waals surface area contributed by atoms with E-state index in [0.29, 0.717) is 6.42 Å². The zero-order valence-electron chi connectivity index (χ0n) is 8.45. The van der Waals surface area contributed by atoms with Crippen LogP contribution in [0.25, 0.3) is 0 Å². The van der Waals surface area contributed by atoms with E-state index in [0.717, 1.165) is 4.68 Å². The molecule has 1 unspecified atom stereocenters. The highest BCUT2D eigenvalue weighted by Gasteiger charge is 2.43. The third-order valence-corrected chi connectivity index (χ3v) is 3.16. The number of nitrogens with zero attached hydrogens (tertiary/aromatic N) is 2. The van der Waals surface area contributed by atoms with Crippen LogP contribution in [0.2, 0.25) is 0 Å². The quantitative estimate of drug-likeness (QED) is 0.795. The maximum absolute atomic E-state index is 12.7. The van der Waals surface area contributed by atoms with Crippen LogP contribution in [0.4, 0.5) is 13.2 Å². The zero-order chi connectivity index (χ0) is 12.8. The van der Waals surface area contributed by atoms with Gasteiger partial charge in [-0.1, -0.05) is 0 Å². The molecule has 1 aromatic rings. The number of halogens is 3. The second kappa shape index (κ2) is 3.60. The highest BCUT2D eigenvalue weighted by Crippen LogP contribution is 2.39. The Labute approximate surface area is 94.6 Å². The molecule has 96 valence electrons. The predicted octanol–water partition coefficient (Wildman–Crippen LogP) is 0.964. The van der Waals surface area contributed by atoms with Crippen molar-refractivity contribution in [3.63, 3.8) is 0 Å². The number of rotatable bonds is 1. The van der Waals surface area contributed by atoms with Gasteiger partial charge in [-0.3, -0.25) is 0 Å². The Morgan fingerprint density at radius 1 is 1.53 bits per heavy atom. The largest absolute Gasteiger partial charge is 0.477 e. The first-order chi connectivity index (χ1) is 7.71. The van der Waals surface area contributed by atoms with Gasteiger partial charge in [0.1, 0.15) is 9.92 Å². The van der Waals surface area contributed by atoms with Crippen LogP contribution >= 0.6 is 0 Å². The lowest BCUT2D eigenvalue weighted by molar-refractivity contribution is -0.143. The Morgan fingerprint density at radius 3 is 2.71 bits per heavy atom. The summed E-state index contributed by atoms with van der Waals surface area (Å²) in [5.41, 5.74) is -1.41. The van der Waals surface area contributed by atoms with Crippen LogP contribution in [-0.2, 0) is 22.6 Å². The Balaban J connectivity index is 2.72. The summed E-state index contributed by atoms with van der Waals surface area (Å²) in [5.74, 6) is -0.314. The van der Waals surface area contributed by atoms with Crippen molar-refractivity contribution in [3.05, 3.63) is 5.69 Å². The molecule has 0 aliphatic carbocycles. The first kappa shape index (κ1) is 12.2. The number of ether oxygens (including phenoxy) is 1. The molecular formula is C7H9F3N4O2S. The van der Waals surface area contributed by atoms with Crippen LogP contribution in [0.15, 0.2) is 4.90 Å². The van der Waals surface area contributed by atoms with Gasteiger partial charge in [0.2, 0.25) is 5.88 Å². The average molecular weight is 270 g/mol. The Kier molecular flexibility index (Phi) is 2.58. The van der Waals surface area contributed by atoms with Gasteiger partial charge in [0, 0.05) is 13.0 Å². The molecule has 0 amide bonds. The highest BCUT2D eigenvalue weighted by atomic mass is 32.2. The number of alkyl halides is 3. The van der Waals surface area contributed by atoms with Crippen molar-refractivity contribution in [2.45, 2.75) is 24.0 Å². The Bertz CT molecular complexity index is 548. The lowest BCUT2D eigenvalue weighted by Crippen LogP contribution is -2.19. The number of fused-ring (bicyclic) bond motifs is 1. The van der Waals surface area contributed by atoms with Gasteiger partial charge in [0.25, 0.3) is 0 Å². The molecule has 0 radical (unpaired) electrons. The lowest BCUT2D eigenvalue weighted by Gasteiger charge is -2.15. The Morgan fingerprint density at radius 2 is 2.18 bits per heavy atom. The van der Waals surface area contributed by atoms with E-state index in [-0.39, 0.29) is 19.0 Å². The van der Waals surface area contributed by atoms with E-state index in [4.69, 9.17) is 14.7 Å². The zero-order valence-corrected chi connectivity index (χ0v) is 9.27. The van der Waals surface area contributed by atoms with Crippen LogP contribution in [0, 0.1) is 4.78 Å². The van der Waals surface area contributed by atoms with Gasteiger partial charge in [-0.25, -0.2) is 18.8 Å². The van der Waals surface area contributed by atoms with Gasteiger partial charge < -0.3 is 4.74 Å². The molecule has 2 heterocycles. The third-order valence-electron chi connectivity index (χ3n) is 2.19. The van der Waals surface area contributed by atoms with Crippen molar-refractivity contribution in [2.75, 3.05) is 6.61 Å². The molecule has 0 fully saturated rings. The summed E-state index contributed by atoms with van der Waals surface area (Å²) in [4.78, 5) is -0.871. The van der Waals surface area contributed by atoms with Gasteiger partial charge in [-0.05, 0) is 0 Å². The summed E-state index contributed by atoms with van der Waals surface area (Å²) in [6, 6.07) is 0. The molecule has 3 N–H and O–H groups in total. The van der Waals surface area contributed by atoms with Crippen LogP contribution in [0.3, 0.4) is 0 Å². The molecule has 1 aliphatic heterocycles. The first-order valence-corrected chi connectivity index (χ1v) is 6.21. The maximum atomic E-state index is 12.7. The number of hydrogen-bond acceptors (Lipinski definition) is 4. The van der Waals surface area contributed by atoms with Gasteiger partial charge in [-0.2, -0.15) is 18.3 Å². The molecule has 1 aliphatic rings. The van der Waals surface area contributed by atoms with Gasteiger partial charge >= 0.3 is 6.18 Å². The van der Waals surface area contributed by atoms with Gasteiger partial charge in [0.15, 0.2) is 10.6 Å². The van der Waals surface area contributed by atoms with Gasteiger partial charge in [-0.15, -0.1) is 0 Å². The molecular weight excluding hydrogens is 261 g/mol. The topological polar surface area (TPSA) is 94.0 Å². The molecule has 10 heteroatoms. The lowest BCUT2D eigenvalue weighted by atomic mass is 10.4. The maximum Gasteiger partial charge on any atom is 0.436 e. The molecule has 0 aromatic carbocycles. The first-order valence-electron chi connectivity index (χ1n) is 4.58. The molecule has 17 heavy (non-hydrogen) atoms. The smallest absolute Gasteiger partial charge is 0.436 e.